The van der Waals surface area contributed by atoms with Crippen molar-refractivity contribution in [3.05, 3.63) is 27.7 Å². The van der Waals surface area contributed by atoms with Crippen molar-refractivity contribution in [3.63, 3.8) is 0 Å². The average molecular weight is 333 g/mol. The molecule has 1 amide bonds. The minimum absolute atomic E-state index is 0.138. The van der Waals surface area contributed by atoms with E-state index >= 15 is 0 Å². The van der Waals surface area contributed by atoms with Crippen LogP contribution in [0.4, 0.5) is 5.69 Å². The molecule has 110 valence electrons. The molecule has 1 aromatic rings. The molecule has 3 nitrogen and oxygen atoms in total. The highest BCUT2D eigenvalue weighted by Crippen LogP contribution is 2.31. The van der Waals surface area contributed by atoms with E-state index < -0.39 is 0 Å². The molecule has 20 heavy (non-hydrogen) atoms. The number of amides is 1. The summed E-state index contributed by atoms with van der Waals surface area (Å²) in [5, 5.41) is 4.33. The van der Waals surface area contributed by atoms with Gasteiger partial charge in [-0.15, -0.1) is 0 Å². The van der Waals surface area contributed by atoms with E-state index in [9.17, 15) is 4.79 Å². The number of nitrogens with two attached hydrogens (primary N) is 1. The topological polar surface area (TPSA) is 55.1 Å². The molecule has 6 heteroatoms. The van der Waals surface area contributed by atoms with E-state index in [1.54, 1.807) is 12.1 Å². The molecular formula is C14H18Cl2N2OS. The van der Waals surface area contributed by atoms with Crippen LogP contribution in [0.5, 0.6) is 0 Å². The predicted octanol–water partition coefficient (Wildman–Crippen LogP) is 3.98. The van der Waals surface area contributed by atoms with Gasteiger partial charge in [-0.3, -0.25) is 4.79 Å². The fourth-order valence-corrected chi connectivity index (χ4v) is 4.07. The van der Waals surface area contributed by atoms with Crippen LogP contribution in [0.25, 0.3) is 0 Å². The molecule has 3 N–H and O–H groups in total. The molecule has 1 aliphatic rings. The second kappa shape index (κ2) is 6.92. The highest BCUT2D eigenvalue weighted by Gasteiger charge is 2.26. The zero-order valence-corrected chi connectivity index (χ0v) is 13.6. The summed E-state index contributed by atoms with van der Waals surface area (Å²) >= 11 is 13.9. The van der Waals surface area contributed by atoms with Crippen molar-refractivity contribution in [1.82, 2.24) is 5.32 Å². The molecule has 1 fully saturated rings. The smallest absolute Gasteiger partial charge is 0.251 e. The van der Waals surface area contributed by atoms with Crippen LogP contribution in [0.3, 0.4) is 0 Å². The number of carbonyl (C=O) groups is 1. The van der Waals surface area contributed by atoms with Crippen molar-refractivity contribution in [2.45, 2.75) is 37.5 Å². The van der Waals surface area contributed by atoms with Crippen LogP contribution in [0.1, 0.15) is 36.5 Å². The van der Waals surface area contributed by atoms with E-state index in [-0.39, 0.29) is 11.9 Å². The van der Waals surface area contributed by atoms with Crippen LogP contribution >= 0.6 is 35.0 Å². The molecule has 1 aliphatic carbocycles. The number of benzene rings is 1. The maximum atomic E-state index is 12.2. The minimum atomic E-state index is -0.138. The Bertz CT molecular complexity index is 487. The van der Waals surface area contributed by atoms with Gasteiger partial charge in [-0.25, -0.2) is 0 Å². The first-order chi connectivity index (χ1) is 9.51. The van der Waals surface area contributed by atoms with Crippen LogP contribution < -0.4 is 11.1 Å². The van der Waals surface area contributed by atoms with Crippen molar-refractivity contribution >= 4 is 46.6 Å². The first-order valence-corrected chi connectivity index (χ1v) is 8.48. The maximum absolute atomic E-state index is 12.2. The van der Waals surface area contributed by atoms with E-state index in [4.69, 9.17) is 28.9 Å². The number of hydrogen-bond donors (Lipinski definition) is 2. The second-order valence-electron chi connectivity index (χ2n) is 4.91. The summed E-state index contributed by atoms with van der Waals surface area (Å²) in [4.78, 5) is 12.2. The lowest BCUT2D eigenvalue weighted by atomic mass is 10.1. The predicted molar refractivity (Wildman–Crippen MR) is 87.9 cm³/mol. The average Bonchev–Trinajstić information content (AvgIpc) is 2.83. The molecule has 1 saturated carbocycles. The summed E-state index contributed by atoms with van der Waals surface area (Å²) in [5.41, 5.74) is 6.44. The normalized spacial score (nSPS) is 21.9. The SMILES string of the molecule is CCSC1CCC(NC(=O)c2cc(Cl)c(N)c(Cl)c2)C1. The number of halogens is 2. The zero-order valence-electron chi connectivity index (χ0n) is 11.3. The third kappa shape index (κ3) is 3.74. The van der Waals surface area contributed by atoms with Crippen LogP contribution in [0, 0.1) is 0 Å². The Morgan fingerprint density at radius 1 is 1.40 bits per heavy atom. The monoisotopic (exact) mass is 332 g/mol. The number of carbonyl (C=O) groups excluding carboxylic acids is 1. The number of nitrogens with one attached hydrogen (secondary N) is 1. The molecule has 0 heterocycles. The summed E-state index contributed by atoms with van der Waals surface area (Å²) in [5.74, 6) is 0.982. The molecule has 0 saturated heterocycles. The summed E-state index contributed by atoms with van der Waals surface area (Å²) in [6.45, 7) is 2.16. The Morgan fingerprint density at radius 2 is 2.05 bits per heavy atom. The lowest BCUT2D eigenvalue weighted by Crippen LogP contribution is -2.33. The van der Waals surface area contributed by atoms with Gasteiger partial charge in [0.1, 0.15) is 0 Å². The number of anilines is 1. The first-order valence-electron chi connectivity index (χ1n) is 6.68. The fraction of sp³-hybridized carbons (Fsp3) is 0.500. The molecule has 2 atom stereocenters. The maximum Gasteiger partial charge on any atom is 0.251 e. The third-order valence-corrected chi connectivity index (χ3v) is 5.32. The lowest BCUT2D eigenvalue weighted by molar-refractivity contribution is 0.0938. The largest absolute Gasteiger partial charge is 0.396 e. The van der Waals surface area contributed by atoms with Crippen molar-refractivity contribution < 1.29 is 4.79 Å². The highest BCUT2D eigenvalue weighted by molar-refractivity contribution is 7.99. The second-order valence-corrected chi connectivity index (χ2v) is 7.31. The lowest BCUT2D eigenvalue weighted by Gasteiger charge is -2.14. The van der Waals surface area contributed by atoms with Gasteiger partial charge in [-0.05, 0) is 37.1 Å². The standard InChI is InChI=1S/C14H18Cl2N2OS/c1-2-20-10-4-3-9(7-10)18-14(19)8-5-11(15)13(17)12(16)6-8/h5-6,9-10H,2-4,7,17H2,1H3,(H,18,19). The summed E-state index contributed by atoms with van der Waals surface area (Å²) in [6.07, 6.45) is 3.22. The molecule has 0 radical (unpaired) electrons. The van der Waals surface area contributed by atoms with E-state index in [0.29, 0.717) is 26.5 Å². The van der Waals surface area contributed by atoms with Crippen LogP contribution in [0.15, 0.2) is 12.1 Å². The molecule has 0 aromatic heterocycles. The van der Waals surface area contributed by atoms with Crippen molar-refractivity contribution in [2.75, 3.05) is 11.5 Å². The van der Waals surface area contributed by atoms with E-state index in [1.165, 1.54) is 0 Å². The van der Waals surface area contributed by atoms with Crippen molar-refractivity contribution in [2.24, 2.45) is 0 Å². The zero-order chi connectivity index (χ0) is 14.7. The molecule has 1 aromatic carbocycles. The molecule has 0 aliphatic heterocycles. The van der Waals surface area contributed by atoms with Crippen LogP contribution in [-0.2, 0) is 0 Å². The van der Waals surface area contributed by atoms with Crippen LogP contribution in [0.2, 0.25) is 10.0 Å². The van der Waals surface area contributed by atoms with Gasteiger partial charge in [-0.1, -0.05) is 30.1 Å². The fourth-order valence-electron chi connectivity index (χ4n) is 2.44. The number of thioether (sulfide) groups is 1. The Balaban J connectivity index is 1.99. The summed E-state index contributed by atoms with van der Waals surface area (Å²) in [6, 6.07) is 3.36. The van der Waals surface area contributed by atoms with E-state index in [1.807, 2.05) is 11.8 Å². The number of rotatable bonds is 4. The molecular weight excluding hydrogens is 315 g/mol. The van der Waals surface area contributed by atoms with Gasteiger partial charge in [0.15, 0.2) is 0 Å². The van der Waals surface area contributed by atoms with Gasteiger partial charge in [0.25, 0.3) is 5.91 Å². The van der Waals surface area contributed by atoms with Gasteiger partial charge in [-0.2, -0.15) is 11.8 Å². The van der Waals surface area contributed by atoms with Gasteiger partial charge in [0.2, 0.25) is 0 Å². The van der Waals surface area contributed by atoms with Gasteiger partial charge >= 0.3 is 0 Å². The van der Waals surface area contributed by atoms with E-state index in [2.05, 4.69) is 12.2 Å². The van der Waals surface area contributed by atoms with Crippen molar-refractivity contribution in [1.29, 1.82) is 0 Å². The molecule has 2 rings (SSSR count). The summed E-state index contributed by atoms with van der Waals surface area (Å²) in [7, 11) is 0. The van der Waals surface area contributed by atoms with Crippen molar-refractivity contribution in [3.8, 4) is 0 Å². The quantitative estimate of drug-likeness (QED) is 0.820. The number of hydrogen-bond acceptors (Lipinski definition) is 3. The number of nitrogen functional groups attached to an aromatic ring is 1. The first kappa shape index (κ1) is 15.8. The van der Waals surface area contributed by atoms with Gasteiger partial charge < -0.3 is 11.1 Å². The Hall–Kier alpha value is -0.580. The molecule has 2 unspecified atom stereocenters. The highest BCUT2D eigenvalue weighted by atomic mass is 35.5. The molecule has 0 spiro atoms. The van der Waals surface area contributed by atoms with Gasteiger partial charge in [0, 0.05) is 16.9 Å². The summed E-state index contributed by atoms with van der Waals surface area (Å²) < 4.78 is 0. The third-order valence-electron chi connectivity index (χ3n) is 3.46. The van der Waals surface area contributed by atoms with Crippen LogP contribution in [-0.4, -0.2) is 23.0 Å². The Morgan fingerprint density at radius 3 is 2.65 bits per heavy atom. The van der Waals surface area contributed by atoms with Gasteiger partial charge in [0.05, 0.1) is 15.7 Å². The minimum Gasteiger partial charge on any atom is -0.396 e. The molecule has 0 bridgehead atoms. The van der Waals surface area contributed by atoms with E-state index in [0.717, 1.165) is 25.0 Å². The Kier molecular flexibility index (Phi) is 5.47. The Labute approximate surface area is 133 Å².